The van der Waals surface area contributed by atoms with E-state index in [0.29, 0.717) is 37.4 Å². The average molecular weight is 515 g/mol. The van der Waals surface area contributed by atoms with E-state index in [9.17, 15) is 22.8 Å². The molecular weight excluding hydrogens is 481 g/mol. The first-order valence-electron chi connectivity index (χ1n) is 13.1. The minimum absolute atomic E-state index is 0.113. The van der Waals surface area contributed by atoms with Gasteiger partial charge >= 0.3 is 6.18 Å². The van der Waals surface area contributed by atoms with Gasteiger partial charge in [-0.05, 0) is 49.8 Å². The van der Waals surface area contributed by atoms with E-state index in [0.717, 1.165) is 50.5 Å². The van der Waals surface area contributed by atoms with Crippen molar-refractivity contribution in [1.82, 2.24) is 14.7 Å². The summed E-state index contributed by atoms with van der Waals surface area (Å²) in [6, 6.07) is 5.95. The topological polar surface area (TPSA) is 69.9 Å². The van der Waals surface area contributed by atoms with Gasteiger partial charge in [-0.25, -0.2) is 0 Å². The van der Waals surface area contributed by atoms with Gasteiger partial charge in [0.2, 0.25) is 5.91 Å². The number of nitrogens with zero attached hydrogens (tertiary/aromatic N) is 3. The van der Waals surface area contributed by atoms with Crippen LogP contribution >= 0.6 is 0 Å². The van der Waals surface area contributed by atoms with Crippen molar-refractivity contribution in [2.24, 2.45) is 11.7 Å². The van der Waals surface area contributed by atoms with E-state index in [2.05, 4.69) is 15.5 Å². The number of carbonyl (C=O) groups is 2. The molecule has 2 amide bonds. The molecule has 0 spiro atoms. The van der Waals surface area contributed by atoms with Crippen LogP contribution in [-0.2, 0) is 15.8 Å². The summed E-state index contributed by atoms with van der Waals surface area (Å²) < 4.78 is 40.8. The van der Waals surface area contributed by atoms with E-state index in [4.69, 9.17) is 5.73 Å². The minimum Gasteiger partial charge on any atom is -0.370 e. The lowest BCUT2D eigenvalue weighted by molar-refractivity contribution is -0.138. The predicted molar refractivity (Wildman–Crippen MR) is 133 cm³/mol. The number of amides is 2. The van der Waals surface area contributed by atoms with Gasteiger partial charge in [-0.15, -0.1) is 5.73 Å². The maximum atomic E-state index is 13.7. The summed E-state index contributed by atoms with van der Waals surface area (Å²) in [5.41, 5.74) is 9.79. The van der Waals surface area contributed by atoms with Crippen molar-refractivity contribution in [2.75, 3.05) is 32.7 Å². The van der Waals surface area contributed by atoms with E-state index in [1.165, 1.54) is 12.1 Å². The third-order valence-electron chi connectivity index (χ3n) is 8.00. The number of hydrogen-bond donors (Lipinski definition) is 1. The molecule has 1 atom stereocenters. The number of rotatable bonds is 7. The Kier molecular flexibility index (Phi) is 7.19. The van der Waals surface area contributed by atoms with Crippen molar-refractivity contribution in [3.63, 3.8) is 0 Å². The average Bonchev–Trinajstić information content (AvgIpc) is 3.61. The van der Waals surface area contributed by atoms with Crippen LogP contribution in [0.5, 0.6) is 0 Å². The molecule has 3 heterocycles. The lowest BCUT2D eigenvalue weighted by Gasteiger charge is -2.40. The normalized spacial score (nSPS) is 23.3. The van der Waals surface area contributed by atoms with Crippen molar-refractivity contribution in [3.05, 3.63) is 64.7 Å². The van der Waals surface area contributed by atoms with Crippen LogP contribution in [0.15, 0.2) is 53.5 Å². The summed E-state index contributed by atoms with van der Waals surface area (Å²) in [6.07, 6.45) is 4.04. The number of allylic oxidation sites excluding steroid dienone is 1. The molecule has 2 N–H and O–H groups in total. The van der Waals surface area contributed by atoms with Gasteiger partial charge in [0.15, 0.2) is 0 Å². The van der Waals surface area contributed by atoms with Crippen LogP contribution in [0.2, 0.25) is 0 Å². The summed E-state index contributed by atoms with van der Waals surface area (Å²) in [7, 11) is 0. The fraction of sp³-hybridized carbons (Fsp3) is 0.536. The highest BCUT2D eigenvalue weighted by Crippen LogP contribution is 2.44. The van der Waals surface area contributed by atoms with Crippen molar-refractivity contribution in [2.45, 2.75) is 56.7 Å². The van der Waals surface area contributed by atoms with Gasteiger partial charge in [0.05, 0.1) is 11.1 Å². The second-order valence-corrected chi connectivity index (χ2v) is 10.5. The highest BCUT2D eigenvalue weighted by atomic mass is 19.4. The molecule has 6 nitrogen and oxygen atoms in total. The van der Waals surface area contributed by atoms with Crippen LogP contribution in [0, 0.1) is 5.92 Å². The SMILES string of the molecule is NC(=O)CCN1CCC(N2C=C=CC(C(=O)N3CC[C@@H](c4ccccc4C(F)(F)F)C3)=C2C2CC2)CC1. The highest BCUT2D eigenvalue weighted by molar-refractivity contribution is 5.97. The fourth-order valence-electron chi connectivity index (χ4n) is 5.91. The molecule has 9 heteroatoms. The lowest BCUT2D eigenvalue weighted by atomic mass is 9.93. The number of piperidine rings is 1. The number of alkyl halides is 3. The summed E-state index contributed by atoms with van der Waals surface area (Å²) >= 11 is 0. The number of nitrogens with two attached hydrogens (primary N) is 1. The first-order chi connectivity index (χ1) is 17.7. The lowest BCUT2D eigenvalue weighted by Crippen LogP contribution is -2.44. The first kappa shape index (κ1) is 25.6. The largest absolute Gasteiger partial charge is 0.416 e. The van der Waals surface area contributed by atoms with Gasteiger partial charge in [-0.1, -0.05) is 18.2 Å². The Morgan fingerprint density at radius 2 is 1.73 bits per heavy atom. The van der Waals surface area contributed by atoms with E-state index in [1.54, 1.807) is 17.0 Å². The van der Waals surface area contributed by atoms with E-state index < -0.39 is 11.7 Å². The van der Waals surface area contributed by atoms with Gasteiger partial charge in [-0.3, -0.25) is 9.59 Å². The standard InChI is InChI=1S/C28H33F3N4O2/c29-28(30,31)24-6-2-1-4-22(24)20-9-17-34(18-20)27(37)23-5-3-13-35(26(23)19-7-8-19)21-10-14-33(15-11-21)16-12-25(32)36/h1-2,4-6,13,19-21H,7-12,14-18H2,(H2,32,36)/t20-/m1/s1. The summed E-state index contributed by atoms with van der Waals surface area (Å²) in [4.78, 5) is 31.0. The van der Waals surface area contributed by atoms with E-state index >= 15 is 0 Å². The van der Waals surface area contributed by atoms with E-state index in [1.807, 2.05) is 6.20 Å². The molecule has 0 radical (unpaired) electrons. The number of benzene rings is 1. The van der Waals surface area contributed by atoms with E-state index in [-0.39, 0.29) is 35.9 Å². The molecule has 1 aromatic carbocycles. The zero-order chi connectivity index (χ0) is 26.2. The zero-order valence-electron chi connectivity index (χ0n) is 20.8. The first-order valence-corrected chi connectivity index (χ1v) is 13.1. The predicted octanol–water partition coefficient (Wildman–Crippen LogP) is 4.01. The third-order valence-corrected chi connectivity index (χ3v) is 8.00. The third kappa shape index (κ3) is 5.63. The van der Waals surface area contributed by atoms with Gasteiger partial charge in [-0.2, -0.15) is 13.2 Å². The molecule has 37 heavy (non-hydrogen) atoms. The summed E-state index contributed by atoms with van der Waals surface area (Å²) in [6.45, 7) is 3.11. The van der Waals surface area contributed by atoms with Gasteiger partial charge in [0.25, 0.3) is 5.91 Å². The van der Waals surface area contributed by atoms with Crippen molar-refractivity contribution in [3.8, 4) is 0 Å². The van der Waals surface area contributed by atoms with Crippen LogP contribution in [0.1, 0.15) is 55.6 Å². The smallest absolute Gasteiger partial charge is 0.370 e. The highest BCUT2D eigenvalue weighted by Gasteiger charge is 2.41. The molecule has 3 fully saturated rings. The second kappa shape index (κ2) is 10.4. The number of primary amides is 1. The molecule has 0 bridgehead atoms. The van der Waals surface area contributed by atoms with Crippen LogP contribution in [0.3, 0.4) is 0 Å². The Labute approximate surface area is 215 Å². The summed E-state index contributed by atoms with van der Waals surface area (Å²) in [5, 5.41) is 0. The van der Waals surface area contributed by atoms with Gasteiger partial charge in [0, 0.05) is 68.9 Å². The molecule has 4 aliphatic rings. The Morgan fingerprint density at radius 3 is 2.41 bits per heavy atom. The maximum Gasteiger partial charge on any atom is 0.416 e. The number of halogens is 3. The molecular formula is C28H33F3N4O2. The maximum absolute atomic E-state index is 13.7. The van der Waals surface area contributed by atoms with Gasteiger partial charge in [0.1, 0.15) is 0 Å². The molecule has 1 aliphatic carbocycles. The van der Waals surface area contributed by atoms with Gasteiger partial charge < -0.3 is 20.4 Å². The Morgan fingerprint density at radius 1 is 1.00 bits per heavy atom. The molecule has 1 saturated carbocycles. The monoisotopic (exact) mass is 514 g/mol. The molecule has 3 aliphatic heterocycles. The molecule has 2 saturated heterocycles. The molecule has 5 rings (SSSR count). The fourth-order valence-corrected chi connectivity index (χ4v) is 5.91. The van der Waals surface area contributed by atoms with Crippen LogP contribution in [0.25, 0.3) is 0 Å². The quantitative estimate of drug-likeness (QED) is 0.559. The Bertz CT molecular complexity index is 1140. The Balaban J connectivity index is 1.31. The molecule has 0 aromatic heterocycles. The molecule has 198 valence electrons. The second-order valence-electron chi connectivity index (χ2n) is 10.5. The number of carbonyl (C=O) groups excluding carboxylic acids is 2. The van der Waals surface area contributed by atoms with Crippen molar-refractivity contribution >= 4 is 11.8 Å². The van der Waals surface area contributed by atoms with Crippen LogP contribution in [0.4, 0.5) is 13.2 Å². The number of hydrogen-bond acceptors (Lipinski definition) is 4. The number of likely N-dealkylation sites (tertiary alicyclic amines) is 2. The van der Waals surface area contributed by atoms with Crippen LogP contribution < -0.4 is 5.73 Å². The molecule has 0 unspecified atom stereocenters. The van der Waals surface area contributed by atoms with Crippen molar-refractivity contribution < 1.29 is 22.8 Å². The molecule has 1 aromatic rings. The summed E-state index contributed by atoms with van der Waals surface area (Å²) in [5.74, 6) is -0.417. The zero-order valence-corrected chi connectivity index (χ0v) is 20.8. The van der Waals surface area contributed by atoms with Crippen molar-refractivity contribution in [1.29, 1.82) is 0 Å². The minimum atomic E-state index is -4.41. The Hall–Kier alpha value is -3.03. The van der Waals surface area contributed by atoms with Crippen LogP contribution in [-0.4, -0.2) is 65.3 Å².